The van der Waals surface area contributed by atoms with E-state index in [1.807, 2.05) is 0 Å². The average Bonchev–Trinajstić information content (AvgIpc) is 3.24. The maximum atomic E-state index is 5.82. The molecule has 1 aromatic rings. The fraction of sp³-hybridized carbons (Fsp3) is 0.647. The van der Waals surface area contributed by atoms with Gasteiger partial charge in [0.2, 0.25) is 0 Å². The van der Waals surface area contributed by atoms with E-state index in [4.69, 9.17) is 9.47 Å². The van der Waals surface area contributed by atoms with Gasteiger partial charge in [-0.3, -0.25) is 0 Å². The number of unbranched alkanes of at least 4 members (excludes halogenated alkanes) is 2. The molecule has 0 radical (unpaired) electrons. The molecule has 112 valence electrons. The lowest BCUT2D eigenvalue weighted by atomic mass is 10.1. The second kappa shape index (κ2) is 7.53. The Balaban J connectivity index is 1.85. The van der Waals surface area contributed by atoms with E-state index in [9.17, 15) is 0 Å². The van der Waals surface area contributed by atoms with Crippen molar-refractivity contribution in [3.63, 3.8) is 0 Å². The summed E-state index contributed by atoms with van der Waals surface area (Å²) in [7, 11) is 0. The number of hydrogen-bond donors (Lipinski definition) is 1. The zero-order valence-corrected chi connectivity index (χ0v) is 12.9. The molecule has 0 amide bonds. The fourth-order valence-electron chi connectivity index (χ4n) is 2.25. The molecule has 2 unspecified atom stereocenters. The summed E-state index contributed by atoms with van der Waals surface area (Å²) in [5.74, 6) is 0.964. The van der Waals surface area contributed by atoms with Crippen LogP contribution in [0.2, 0.25) is 0 Å². The Hall–Kier alpha value is -1.22. The van der Waals surface area contributed by atoms with Crippen LogP contribution >= 0.6 is 0 Å². The molecule has 1 aliphatic rings. The number of epoxide rings is 1. The summed E-state index contributed by atoms with van der Waals surface area (Å²) in [5, 5.41) is 3.56. The van der Waals surface area contributed by atoms with Gasteiger partial charge in [0.25, 0.3) is 0 Å². The van der Waals surface area contributed by atoms with E-state index in [0.29, 0.717) is 18.8 Å². The molecule has 1 saturated heterocycles. The van der Waals surface area contributed by atoms with Crippen molar-refractivity contribution in [3.05, 3.63) is 23.8 Å². The lowest BCUT2D eigenvalue weighted by Crippen LogP contribution is -2.15. The molecule has 1 aliphatic heterocycles. The first-order valence-electron chi connectivity index (χ1n) is 7.80. The highest BCUT2D eigenvalue weighted by atomic mass is 16.6. The van der Waals surface area contributed by atoms with Gasteiger partial charge in [0, 0.05) is 17.8 Å². The number of hydrogen-bond acceptors (Lipinski definition) is 3. The van der Waals surface area contributed by atoms with Crippen LogP contribution in [0.1, 0.15) is 45.1 Å². The molecule has 3 heteroatoms. The maximum absolute atomic E-state index is 5.82. The van der Waals surface area contributed by atoms with Gasteiger partial charge in [-0.05, 0) is 31.9 Å². The summed E-state index contributed by atoms with van der Waals surface area (Å²) < 4.78 is 11.0. The summed E-state index contributed by atoms with van der Waals surface area (Å²) in [4.78, 5) is 0. The zero-order chi connectivity index (χ0) is 14.4. The number of rotatable bonds is 9. The molecule has 0 saturated carbocycles. The Morgan fingerprint density at radius 1 is 1.40 bits per heavy atom. The number of anilines is 1. The molecular weight excluding hydrogens is 250 g/mol. The molecule has 1 aromatic carbocycles. The van der Waals surface area contributed by atoms with Gasteiger partial charge in [-0.25, -0.2) is 0 Å². The third-order valence-corrected chi connectivity index (χ3v) is 3.67. The number of nitrogens with one attached hydrogen (secondary N) is 1. The van der Waals surface area contributed by atoms with Crippen LogP contribution in [0.3, 0.4) is 0 Å². The van der Waals surface area contributed by atoms with Gasteiger partial charge in [-0.1, -0.05) is 32.3 Å². The van der Waals surface area contributed by atoms with Gasteiger partial charge < -0.3 is 14.8 Å². The summed E-state index contributed by atoms with van der Waals surface area (Å²) in [5.41, 5.74) is 2.32. The quantitative estimate of drug-likeness (QED) is 0.544. The topological polar surface area (TPSA) is 33.8 Å². The average molecular weight is 277 g/mol. The molecule has 1 N–H and O–H groups in total. The first-order chi connectivity index (χ1) is 9.69. The highest BCUT2D eigenvalue weighted by Gasteiger charge is 2.23. The van der Waals surface area contributed by atoms with E-state index in [0.717, 1.165) is 18.0 Å². The summed E-state index contributed by atoms with van der Waals surface area (Å²) in [6.45, 7) is 8.07. The van der Waals surface area contributed by atoms with Crippen LogP contribution in [0.25, 0.3) is 0 Å². The minimum Gasteiger partial charge on any atom is -0.490 e. The van der Waals surface area contributed by atoms with Crippen molar-refractivity contribution in [2.75, 3.05) is 18.5 Å². The Morgan fingerprint density at radius 3 is 2.90 bits per heavy atom. The van der Waals surface area contributed by atoms with Gasteiger partial charge in [0.05, 0.1) is 6.61 Å². The van der Waals surface area contributed by atoms with Crippen LogP contribution in [0.4, 0.5) is 5.69 Å². The van der Waals surface area contributed by atoms with Crippen molar-refractivity contribution in [1.29, 1.82) is 0 Å². The van der Waals surface area contributed by atoms with E-state index in [-0.39, 0.29) is 0 Å². The molecule has 3 nitrogen and oxygen atoms in total. The molecule has 0 aromatic heterocycles. The summed E-state index contributed by atoms with van der Waals surface area (Å²) >= 11 is 0. The number of aryl methyl sites for hydroxylation is 1. The van der Waals surface area contributed by atoms with Crippen molar-refractivity contribution in [2.45, 2.75) is 58.6 Å². The number of ether oxygens (including phenoxy) is 2. The number of benzene rings is 1. The van der Waals surface area contributed by atoms with Crippen molar-refractivity contribution >= 4 is 5.69 Å². The first-order valence-corrected chi connectivity index (χ1v) is 7.80. The lowest BCUT2D eigenvalue weighted by molar-refractivity contribution is 0.262. The van der Waals surface area contributed by atoms with Gasteiger partial charge in [-0.2, -0.15) is 0 Å². The van der Waals surface area contributed by atoms with Crippen LogP contribution < -0.4 is 10.1 Å². The second-order valence-electron chi connectivity index (χ2n) is 5.79. The van der Waals surface area contributed by atoms with E-state index in [1.165, 1.54) is 31.2 Å². The standard InChI is InChI=1S/C17H27NO2/c1-4-5-6-7-14(3)18-15-9-8-13(2)17(10-15)20-12-16-11-19-16/h8-10,14,16,18H,4-7,11-12H2,1-3H3. The smallest absolute Gasteiger partial charge is 0.124 e. The Bertz CT molecular complexity index is 415. The maximum Gasteiger partial charge on any atom is 0.124 e. The SMILES string of the molecule is CCCCCC(C)Nc1ccc(C)c(OCC2CO2)c1. The molecule has 0 bridgehead atoms. The highest BCUT2D eigenvalue weighted by molar-refractivity contribution is 5.52. The minimum atomic E-state index is 0.305. The normalized spacial score (nSPS) is 18.6. The van der Waals surface area contributed by atoms with Crippen LogP contribution in [0, 0.1) is 6.92 Å². The summed E-state index contributed by atoms with van der Waals surface area (Å²) in [6.07, 6.45) is 5.40. The van der Waals surface area contributed by atoms with Crippen molar-refractivity contribution in [3.8, 4) is 5.75 Å². The monoisotopic (exact) mass is 277 g/mol. The largest absolute Gasteiger partial charge is 0.490 e. The van der Waals surface area contributed by atoms with Gasteiger partial charge in [-0.15, -0.1) is 0 Å². The van der Waals surface area contributed by atoms with E-state index >= 15 is 0 Å². The molecule has 2 atom stereocenters. The fourth-order valence-corrected chi connectivity index (χ4v) is 2.25. The first kappa shape index (κ1) is 15.2. The summed E-state index contributed by atoms with van der Waals surface area (Å²) in [6, 6.07) is 6.86. The minimum absolute atomic E-state index is 0.305. The second-order valence-corrected chi connectivity index (χ2v) is 5.79. The van der Waals surface area contributed by atoms with E-state index in [1.54, 1.807) is 0 Å². The predicted octanol–water partition coefficient (Wildman–Crippen LogP) is 4.15. The third kappa shape index (κ3) is 5.04. The zero-order valence-electron chi connectivity index (χ0n) is 12.9. The highest BCUT2D eigenvalue weighted by Crippen LogP contribution is 2.25. The van der Waals surface area contributed by atoms with Gasteiger partial charge in [0.1, 0.15) is 18.5 Å². The molecule has 0 spiro atoms. The Labute approximate surface area is 122 Å². The van der Waals surface area contributed by atoms with E-state index < -0.39 is 0 Å². The van der Waals surface area contributed by atoms with Crippen LogP contribution in [-0.2, 0) is 4.74 Å². The Kier molecular flexibility index (Phi) is 5.72. The molecular formula is C17H27NO2. The Morgan fingerprint density at radius 2 is 2.20 bits per heavy atom. The third-order valence-electron chi connectivity index (χ3n) is 3.67. The lowest BCUT2D eigenvalue weighted by Gasteiger charge is -2.17. The van der Waals surface area contributed by atoms with Gasteiger partial charge in [0.15, 0.2) is 0 Å². The molecule has 2 rings (SSSR count). The molecule has 1 fully saturated rings. The van der Waals surface area contributed by atoms with Crippen LogP contribution in [0.5, 0.6) is 5.75 Å². The van der Waals surface area contributed by atoms with Crippen LogP contribution in [-0.4, -0.2) is 25.4 Å². The van der Waals surface area contributed by atoms with E-state index in [2.05, 4.69) is 44.3 Å². The van der Waals surface area contributed by atoms with Crippen molar-refractivity contribution < 1.29 is 9.47 Å². The van der Waals surface area contributed by atoms with Crippen molar-refractivity contribution in [1.82, 2.24) is 0 Å². The van der Waals surface area contributed by atoms with Gasteiger partial charge >= 0.3 is 0 Å². The molecule has 0 aliphatic carbocycles. The van der Waals surface area contributed by atoms with Crippen LogP contribution in [0.15, 0.2) is 18.2 Å². The predicted molar refractivity (Wildman–Crippen MR) is 83.6 cm³/mol. The molecule has 20 heavy (non-hydrogen) atoms. The molecule has 1 heterocycles. The van der Waals surface area contributed by atoms with Crippen molar-refractivity contribution in [2.24, 2.45) is 0 Å².